The van der Waals surface area contributed by atoms with Crippen LogP contribution in [0.1, 0.15) is 22.7 Å². The van der Waals surface area contributed by atoms with Gasteiger partial charge in [0.25, 0.3) is 5.56 Å². The number of fused-ring (bicyclic) bond motifs is 3. The van der Waals surface area contributed by atoms with Crippen molar-refractivity contribution in [2.24, 2.45) is 0 Å². The molecule has 0 atom stereocenters. The number of nitrogens with zero attached hydrogens (tertiary/aromatic N) is 1. The predicted molar refractivity (Wildman–Crippen MR) is 97.6 cm³/mol. The fourth-order valence-electron chi connectivity index (χ4n) is 3.16. The first-order valence-electron chi connectivity index (χ1n) is 8.11. The van der Waals surface area contributed by atoms with Crippen LogP contribution < -0.4 is 15.6 Å². The Labute approximate surface area is 147 Å². The van der Waals surface area contributed by atoms with Crippen molar-refractivity contribution in [3.63, 3.8) is 0 Å². The molecule has 4 rings (SSSR count). The molecule has 128 valence electrons. The van der Waals surface area contributed by atoms with Crippen molar-refractivity contribution < 1.29 is 9.53 Å². The minimum absolute atomic E-state index is 0.0276. The second-order valence-electron chi connectivity index (χ2n) is 6.00. The Bertz CT molecular complexity index is 1000. The van der Waals surface area contributed by atoms with Crippen molar-refractivity contribution in [3.8, 4) is 5.75 Å². The van der Waals surface area contributed by atoms with Crippen LogP contribution in [-0.4, -0.2) is 23.0 Å². The number of rotatable bonds is 4. The molecule has 1 aliphatic rings. The van der Waals surface area contributed by atoms with Crippen LogP contribution in [0.5, 0.6) is 5.75 Å². The van der Waals surface area contributed by atoms with E-state index in [4.69, 9.17) is 4.74 Å². The quantitative estimate of drug-likeness (QED) is 0.754. The molecule has 1 aliphatic carbocycles. The lowest BCUT2D eigenvalue weighted by atomic mass is 10.2. The van der Waals surface area contributed by atoms with E-state index < -0.39 is 0 Å². The molecule has 25 heavy (non-hydrogen) atoms. The summed E-state index contributed by atoms with van der Waals surface area (Å²) in [5.41, 5.74) is 1.67. The lowest BCUT2D eigenvalue weighted by Gasteiger charge is -2.06. The molecule has 2 N–H and O–H groups in total. The van der Waals surface area contributed by atoms with Gasteiger partial charge in [0.15, 0.2) is 0 Å². The van der Waals surface area contributed by atoms with Crippen LogP contribution in [0.25, 0.3) is 10.2 Å². The maximum atomic E-state index is 12.4. The molecular formula is C18H17N3O3S. The van der Waals surface area contributed by atoms with Crippen molar-refractivity contribution in [1.82, 2.24) is 9.97 Å². The average Bonchev–Trinajstić information content (AvgIpc) is 3.15. The Hall–Kier alpha value is -2.67. The Morgan fingerprint density at radius 3 is 2.88 bits per heavy atom. The number of carbonyl (C=O) groups is 1. The first kappa shape index (κ1) is 15.8. The Morgan fingerprint density at radius 1 is 1.32 bits per heavy atom. The average molecular weight is 355 g/mol. The summed E-state index contributed by atoms with van der Waals surface area (Å²) in [6, 6.07) is 7.07. The monoisotopic (exact) mass is 355 g/mol. The van der Waals surface area contributed by atoms with Gasteiger partial charge in [-0.15, -0.1) is 11.3 Å². The summed E-state index contributed by atoms with van der Waals surface area (Å²) in [5.74, 6) is 0.889. The molecule has 0 unspecified atom stereocenters. The van der Waals surface area contributed by atoms with Gasteiger partial charge in [-0.2, -0.15) is 0 Å². The van der Waals surface area contributed by atoms with E-state index in [2.05, 4.69) is 15.3 Å². The molecule has 1 aromatic carbocycles. The third-order valence-corrected chi connectivity index (χ3v) is 5.51. The first-order valence-corrected chi connectivity index (χ1v) is 8.93. The number of nitrogens with one attached hydrogen (secondary N) is 2. The summed E-state index contributed by atoms with van der Waals surface area (Å²) in [7, 11) is 1.59. The second kappa shape index (κ2) is 6.33. The zero-order valence-electron chi connectivity index (χ0n) is 13.7. The zero-order valence-corrected chi connectivity index (χ0v) is 14.5. The van der Waals surface area contributed by atoms with Gasteiger partial charge < -0.3 is 15.0 Å². The van der Waals surface area contributed by atoms with E-state index in [1.807, 2.05) is 0 Å². The van der Waals surface area contributed by atoms with Gasteiger partial charge in [-0.25, -0.2) is 4.98 Å². The first-order chi connectivity index (χ1) is 12.1. The van der Waals surface area contributed by atoms with E-state index in [1.165, 1.54) is 4.88 Å². The number of thiophene rings is 1. The minimum atomic E-state index is -0.225. The Balaban J connectivity index is 1.53. The number of ether oxygens (including phenoxy) is 1. The maximum absolute atomic E-state index is 12.4. The van der Waals surface area contributed by atoms with Crippen molar-refractivity contribution in [3.05, 3.63) is 50.9 Å². The highest BCUT2D eigenvalue weighted by Crippen LogP contribution is 2.34. The molecule has 2 heterocycles. The van der Waals surface area contributed by atoms with Gasteiger partial charge in [0.05, 0.1) is 18.9 Å². The number of anilines is 1. The lowest BCUT2D eigenvalue weighted by Crippen LogP contribution is -2.19. The minimum Gasteiger partial charge on any atom is -0.497 e. The fourth-order valence-corrected chi connectivity index (χ4v) is 4.44. The molecule has 0 bridgehead atoms. The van der Waals surface area contributed by atoms with Crippen LogP contribution in [0.4, 0.5) is 5.69 Å². The number of carbonyl (C=O) groups excluding carboxylic acids is 1. The molecule has 3 aromatic rings. The number of hydrogen-bond acceptors (Lipinski definition) is 5. The number of hydrogen-bond donors (Lipinski definition) is 2. The highest BCUT2D eigenvalue weighted by molar-refractivity contribution is 7.18. The van der Waals surface area contributed by atoms with Crippen LogP contribution in [-0.2, 0) is 24.1 Å². The van der Waals surface area contributed by atoms with E-state index >= 15 is 0 Å². The van der Waals surface area contributed by atoms with Crippen molar-refractivity contribution >= 4 is 33.1 Å². The van der Waals surface area contributed by atoms with Crippen LogP contribution in [0.3, 0.4) is 0 Å². The summed E-state index contributed by atoms with van der Waals surface area (Å²) in [6.45, 7) is 0. The van der Waals surface area contributed by atoms with E-state index in [0.717, 1.165) is 35.4 Å². The van der Waals surface area contributed by atoms with Crippen LogP contribution in [0.15, 0.2) is 29.1 Å². The third kappa shape index (κ3) is 3.02. The van der Waals surface area contributed by atoms with E-state index in [9.17, 15) is 9.59 Å². The fraction of sp³-hybridized carbons (Fsp3) is 0.278. The number of aromatic nitrogens is 2. The van der Waals surface area contributed by atoms with E-state index in [0.29, 0.717) is 16.9 Å². The highest BCUT2D eigenvalue weighted by atomic mass is 32.1. The van der Waals surface area contributed by atoms with Crippen molar-refractivity contribution in [1.29, 1.82) is 0 Å². The third-order valence-electron chi connectivity index (χ3n) is 4.33. The molecule has 0 saturated carbocycles. The Morgan fingerprint density at radius 2 is 2.12 bits per heavy atom. The zero-order chi connectivity index (χ0) is 17.4. The normalized spacial score (nSPS) is 13.0. The van der Waals surface area contributed by atoms with Gasteiger partial charge in [-0.05, 0) is 49.1 Å². The topological polar surface area (TPSA) is 84.1 Å². The van der Waals surface area contributed by atoms with Gasteiger partial charge in [0, 0.05) is 10.6 Å². The number of methoxy groups -OCH3 is 1. The molecule has 0 aliphatic heterocycles. The molecule has 0 saturated heterocycles. The lowest BCUT2D eigenvalue weighted by molar-refractivity contribution is -0.115. The number of aryl methyl sites for hydroxylation is 2. The molecule has 7 heteroatoms. The number of amides is 1. The largest absolute Gasteiger partial charge is 0.497 e. The summed E-state index contributed by atoms with van der Waals surface area (Å²) in [4.78, 5) is 33.9. The number of aromatic amines is 1. The van der Waals surface area contributed by atoms with Gasteiger partial charge in [-0.1, -0.05) is 0 Å². The van der Waals surface area contributed by atoms with Crippen LogP contribution >= 0.6 is 11.3 Å². The number of benzene rings is 1. The highest BCUT2D eigenvalue weighted by Gasteiger charge is 2.21. The van der Waals surface area contributed by atoms with Crippen molar-refractivity contribution in [2.75, 3.05) is 12.4 Å². The molecule has 0 fully saturated rings. The molecule has 0 radical (unpaired) electrons. The Kier molecular flexibility index (Phi) is 4.01. The summed E-state index contributed by atoms with van der Waals surface area (Å²) < 4.78 is 5.09. The molecule has 6 nitrogen and oxygen atoms in total. The van der Waals surface area contributed by atoms with Gasteiger partial charge in [-0.3, -0.25) is 9.59 Å². The molecule has 0 spiro atoms. The second-order valence-corrected chi connectivity index (χ2v) is 7.09. The summed E-state index contributed by atoms with van der Waals surface area (Å²) >= 11 is 1.57. The summed E-state index contributed by atoms with van der Waals surface area (Å²) in [5, 5.41) is 3.50. The standard InChI is InChI=1S/C18H17N3O3S/c1-24-11-7-5-10(6-8-11)19-15(22)9-14-20-17(23)16-12-3-2-4-13(12)25-18(16)21-14/h5-8H,2-4,9H2,1H3,(H,19,22)(H,20,21,23). The predicted octanol–water partition coefficient (Wildman–Crippen LogP) is 2.66. The van der Waals surface area contributed by atoms with E-state index in [-0.39, 0.29) is 17.9 Å². The van der Waals surface area contributed by atoms with Crippen LogP contribution in [0.2, 0.25) is 0 Å². The van der Waals surface area contributed by atoms with Crippen LogP contribution in [0, 0.1) is 0 Å². The van der Waals surface area contributed by atoms with Crippen molar-refractivity contribution in [2.45, 2.75) is 25.7 Å². The molecular weight excluding hydrogens is 338 g/mol. The van der Waals surface area contributed by atoms with Gasteiger partial charge >= 0.3 is 0 Å². The smallest absolute Gasteiger partial charge is 0.259 e. The number of H-pyrrole nitrogens is 1. The van der Waals surface area contributed by atoms with E-state index in [1.54, 1.807) is 42.7 Å². The summed E-state index contributed by atoms with van der Waals surface area (Å²) in [6.07, 6.45) is 3.09. The maximum Gasteiger partial charge on any atom is 0.259 e. The van der Waals surface area contributed by atoms with Gasteiger partial charge in [0.1, 0.15) is 16.4 Å². The molecule has 1 amide bonds. The van der Waals surface area contributed by atoms with Gasteiger partial charge in [0.2, 0.25) is 5.91 Å². The molecule has 2 aromatic heterocycles. The SMILES string of the molecule is COc1ccc(NC(=O)Cc2nc3sc4c(c3c(=O)[nH]2)CCC4)cc1.